The molecule has 4 heteroatoms. The third-order valence-corrected chi connectivity index (χ3v) is 2.90. The highest BCUT2D eigenvalue weighted by Gasteiger charge is 2.16. The summed E-state index contributed by atoms with van der Waals surface area (Å²) in [6.45, 7) is 10.2. The van der Waals surface area contributed by atoms with Gasteiger partial charge in [0.15, 0.2) is 5.05 Å². The molecule has 1 unspecified atom stereocenters. The van der Waals surface area contributed by atoms with Crippen LogP contribution in [0.4, 0.5) is 0 Å². The van der Waals surface area contributed by atoms with Gasteiger partial charge in [0, 0.05) is 19.1 Å². The summed E-state index contributed by atoms with van der Waals surface area (Å²) in [5.74, 6) is 0. The van der Waals surface area contributed by atoms with Crippen molar-refractivity contribution in [3.05, 3.63) is 12.7 Å². The molecular formula is C11H19NO2S. The summed E-state index contributed by atoms with van der Waals surface area (Å²) in [6.07, 6.45) is 2.56. The van der Waals surface area contributed by atoms with Crippen molar-refractivity contribution < 1.29 is 9.47 Å². The number of thiocarbonyl (C=S) groups is 1. The number of hydrogen-bond donors (Lipinski definition) is 0. The van der Waals surface area contributed by atoms with Crippen molar-refractivity contribution in [2.45, 2.75) is 19.4 Å². The maximum Gasteiger partial charge on any atom is 0.183 e. The molecule has 1 aliphatic heterocycles. The Morgan fingerprint density at radius 2 is 2.27 bits per heavy atom. The third-order valence-electron chi connectivity index (χ3n) is 2.62. The van der Waals surface area contributed by atoms with Crippen molar-refractivity contribution in [2.75, 3.05) is 32.9 Å². The lowest BCUT2D eigenvalue weighted by Gasteiger charge is -2.32. The summed E-state index contributed by atoms with van der Waals surface area (Å²) in [6, 6.07) is 0.529. The maximum absolute atomic E-state index is 5.31. The van der Waals surface area contributed by atoms with Crippen molar-refractivity contribution in [2.24, 2.45) is 0 Å². The maximum atomic E-state index is 5.31. The number of nitrogens with zero attached hydrogens (tertiary/aromatic N) is 1. The Hall–Kier alpha value is -0.450. The van der Waals surface area contributed by atoms with Crippen LogP contribution in [0.2, 0.25) is 0 Å². The Labute approximate surface area is 97.0 Å². The summed E-state index contributed by atoms with van der Waals surface area (Å²) in [5, 5.41) is 0.490. The molecule has 0 spiro atoms. The van der Waals surface area contributed by atoms with Gasteiger partial charge >= 0.3 is 0 Å². The van der Waals surface area contributed by atoms with Gasteiger partial charge < -0.3 is 9.47 Å². The first kappa shape index (κ1) is 12.6. The van der Waals surface area contributed by atoms with Crippen molar-refractivity contribution in [3.8, 4) is 0 Å². The molecule has 1 rings (SSSR count). The molecule has 0 aromatic carbocycles. The standard InChI is InChI=1S/C11H19NO2S/c1-3-11(15)14-7-4-10(2)12-5-8-13-9-6-12/h3,10H,1,4-9H2,2H3. The third kappa shape index (κ3) is 4.73. The summed E-state index contributed by atoms with van der Waals surface area (Å²) >= 11 is 4.89. The summed E-state index contributed by atoms with van der Waals surface area (Å²) in [5.41, 5.74) is 0. The molecule has 15 heavy (non-hydrogen) atoms. The highest BCUT2D eigenvalue weighted by Crippen LogP contribution is 2.07. The minimum absolute atomic E-state index is 0.490. The Morgan fingerprint density at radius 3 is 2.87 bits per heavy atom. The zero-order valence-corrected chi connectivity index (χ0v) is 10.1. The molecule has 0 saturated carbocycles. The Bertz CT molecular complexity index is 215. The van der Waals surface area contributed by atoms with E-state index in [0.717, 1.165) is 32.7 Å². The minimum Gasteiger partial charge on any atom is -0.483 e. The van der Waals surface area contributed by atoms with E-state index in [-0.39, 0.29) is 0 Å². The fraction of sp³-hybridized carbons (Fsp3) is 0.727. The van der Waals surface area contributed by atoms with Crippen LogP contribution in [-0.4, -0.2) is 48.9 Å². The van der Waals surface area contributed by atoms with Crippen molar-refractivity contribution >= 4 is 17.3 Å². The molecule has 3 nitrogen and oxygen atoms in total. The molecule has 0 aromatic rings. The number of rotatable bonds is 5. The lowest BCUT2D eigenvalue weighted by molar-refractivity contribution is 0.0159. The van der Waals surface area contributed by atoms with Crippen molar-refractivity contribution in [3.63, 3.8) is 0 Å². The average Bonchev–Trinajstić information content (AvgIpc) is 2.29. The molecule has 1 heterocycles. The average molecular weight is 229 g/mol. The predicted molar refractivity (Wildman–Crippen MR) is 65.2 cm³/mol. The molecule has 0 aliphatic carbocycles. The molecule has 0 N–H and O–H groups in total. The highest BCUT2D eigenvalue weighted by molar-refractivity contribution is 7.80. The van der Waals surface area contributed by atoms with Gasteiger partial charge in [-0.2, -0.15) is 0 Å². The number of morpholine rings is 1. The van der Waals surface area contributed by atoms with Crippen molar-refractivity contribution in [1.82, 2.24) is 4.90 Å². The van der Waals surface area contributed by atoms with E-state index in [0.29, 0.717) is 17.7 Å². The zero-order chi connectivity index (χ0) is 11.1. The highest BCUT2D eigenvalue weighted by atomic mass is 32.1. The minimum atomic E-state index is 0.490. The molecule has 1 fully saturated rings. The quantitative estimate of drug-likeness (QED) is 0.527. The van der Waals surface area contributed by atoms with Crippen LogP contribution in [-0.2, 0) is 9.47 Å². The van der Waals surface area contributed by atoms with Gasteiger partial charge in [0.05, 0.1) is 19.8 Å². The predicted octanol–water partition coefficient (Wildman–Crippen LogP) is 1.63. The van der Waals surface area contributed by atoms with Crippen molar-refractivity contribution in [1.29, 1.82) is 0 Å². The summed E-state index contributed by atoms with van der Waals surface area (Å²) in [4.78, 5) is 2.42. The van der Waals surface area contributed by atoms with Gasteiger partial charge in [-0.25, -0.2) is 0 Å². The van der Waals surface area contributed by atoms with E-state index in [2.05, 4.69) is 18.4 Å². The second-order valence-electron chi connectivity index (χ2n) is 3.66. The van der Waals surface area contributed by atoms with Gasteiger partial charge in [-0.3, -0.25) is 4.90 Å². The van der Waals surface area contributed by atoms with Gasteiger partial charge in [0.2, 0.25) is 0 Å². The van der Waals surface area contributed by atoms with Crippen LogP contribution in [0.15, 0.2) is 12.7 Å². The number of hydrogen-bond acceptors (Lipinski definition) is 4. The largest absolute Gasteiger partial charge is 0.483 e. The summed E-state index contributed by atoms with van der Waals surface area (Å²) in [7, 11) is 0. The normalized spacial score (nSPS) is 19.5. The molecule has 86 valence electrons. The zero-order valence-electron chi connectivity index (χ0n) is 9.28. The molecule has 0 amide bonds. The first-order chi connectivity index (χ1) is 7.24. The van der Waals surface area contributed by atoms with E-state index in [9.17, 15) is 0 Å². The SMILES string of the molecule is C=CC(=S)OCCC(C)N1CCOCC1. The Kier molecular flexibility index (Phi) is 5.83. The smallest absolute Gasteiger partial charge is 0.183 e. The second-order valence-corrected chi connectivity index (χ2v) is 4.06. The first-order valence-corrected chi connectivity index (χ1v) is 5.76. The van der Waals surface area contributed by atoms with E-state index >= 15 is 0 Å². The fourth-order valence-corrected chi connectivity index (χ4v) is 1.67. The fourth-order valence-electron chi connectivity index (χ4n) is 1.59. The Balaban J connectivity index is 2.14. The summed E-state index contributed by atoms with van der Waals surface area (Å²) < 4.78 is 10.6. The van der Waals surface area contributed by atoms with E-state index < -0.39 is 0 Å². The van der Waals surface area contributed by atoms with Gasteiger partial charge in [0.1, 0.15) is 0 Å². The lowest BCUT2D eigenvalue weighted by atomic mass is 10.2. The topological polar surface area (TPSA) is 21.7 Å². The molecule has 1 aliphatic rings. The van der Waals surface area contributed by atoms with Gasteiger partial charge in [0.25, 0.3) is 0 Å². The van der Waals surface area contributed by atoms with Gasteiger partial charge in [-0.1, -0.05) is 6.58 Å². The van der Waals surface area contributed by atoms with Crippen LogP contribution < -0.4 is 0 Å². The van der Waals surface area contributed by atoms with Crippen LogP contribution in [0, 0.1) is 0 Å². The van der Waals surface area contributed by atoms with Crippen LogP contribution >= 0.6 is 12.2 Å². The Morgan fingerprint density at radius 1 is 1.60 bits per heavy atom. The van der Waals surface area contributed by atoms with Crippen LogP contribution in [0.25, 0.3) is 0 Å². The molecule has 1 saturated heterocycles. The van der Waals surface area contributed by atoms with Gasteiger partial charge in [-0.15, -0.1) is 0 Å². The van der Waals surface area contributed by atoms with E-state index in [1.807, 2.05) is 0 Å². The lowest BCUT2D eigenvalue weighted by Crippen LogP contribution is -2.42. The van der Waals surface area contributed by atoms with E-state index in [1.165, 1.54) is 0 Å². The first-order valence-electron chi connectivity index (χ1n) is 5.35. The molecule has 0 bridgehead atoms. The molecule has 1 atom stereocenters. The van der Waals surface area contributed by atoms with Crippen LogP contribution in [0.5, 0.6) is 0 Å². The van der Waals surface area contributed by atoms with E-state index in [4.69, 9.17) is 21.7 Å². The van der Waals surface area contributed by atoms with Crippen LogP contribution in [0.1, 0.15) is 13.3 Å². The molecule has 0 aromatic heterocycles. The van der Waals surface area contributed by atoms with Gasteiger partial charge in [-0.05, 0) is 31.6 Å². The monoisotopic (exact) mass is 229 g/mol. The van der Waals surface area contributed by atoms with E-state index in [1.54, 1.807) is 6.08 Å². The molecular weight excluding hydrogens is 210 g/mol. The number of ether oxygens (including phenoxy) is 2. The molecule has 0 radical (unpaired) electrons. The second kappa shape index (κ2) is 6.93. The van der Waals surface area contributed by atoms with Crippen LogP contribution in [0.3, 0.4) is 0 Å².